The summed E-state index contributed by atoms with van der Waals surface area (Å²) in [5, 5.41) is 2.66. The van der Waals surface area contributed by atoms with Crippen molar-refractivity contribution in [2.24, 2.45) is 0 Å². The van der Waals surface area contributed by atoms with Gasteiger partial charge in [-0.15, -0.1) is 0 Å². The Hall–Kier alpha value is -2.39. The Labute approximate surface area is 175 Å². The minimum absolute atomic E-state index is 0.324. The Morgan fingerprint density at radius 2 is 1.73 bits per heavy atom. The molecule has 9 heteroatoms. The first-order valence-corrected chi connectivity index (χ1v) is 10.9. The normalized spacial score (nSPS) is 13.3. The Balaban J connectivity index is 2.41. The van der Waals surface area contributed by atoms with E-state index in [0.29, 0.717) is 12.1 Å². The van der Waals surface area contributed by atoms with Crippen LogP contribution in [0.2, 0.25) is 0 Å². The zero-order valence-corrected chi connectivity index (χ0v) is 18.1. The third-order valence-corrected chi connectivity index (χ3v) is 7.06. The second kappa shape index (κ2) is 9.18. The molecule has 5 nitrogen and oxygen atoms in total. The number of carbonyl (C=O) groups excluding carboxylic acids is 1. The maximum atomic E-state index is 13.4. The van der Waals surface area contributed by atoms with E-state index in [1.807, 2.05) is 19.9 Å². The Kier molecular flexibility index (Phi) is 7.31. The quantitative estimate of drug-likeness (QED) is 0.673. The first kappa shape index (κ1) is 23.9. The summed E-state index contributed by atoms with van der Waals surface area (Å²) < 4.78 is 67.3. The lowest BCUT2D eigenvalue weighted by Gasteiger charge is -2.28. The van der Waals surface area contributed by atoms with Crippen LogP contribution in [0.3, 0.4) is 0 Å². The first-order chi connectivity index (χ1) is 13.9. The minimum atomic E-state index is -4.84. The fourth-order valence-electron chi connectivity index (χ4n) is 2.95. The molecule has 1 unspecified atom stereocenters. The number of halogens is 3. The van der Waals surface area contributed by atoms with Gasteiger partial charge in [0.05, 0.1) is 17.0 Å². The van der Waals surface area contributed by atoms with E-state index in [1.165, 1.54) is 6.07 Å². The molecular weight excluding hydrogens is 417 g/mol. The van der Waals surface area contributed by atoms with Gasteiger partial charge in [-0.05, 0) is 56.5 Å². The molecule has 2 rings (SSSR count). The van der Waals surface area contributed by atoms with Crippen molar-refractivity contribution < 1.29 is 26.4 Å². The fraction of sp³-hybridized carbons (Fsp3) is 0.381. The third kappa shape index (κ3) is 5.20. The molecule has 0 saturated carbocycles. The molecule has 0 aliphatic rings. The fourth-order valence-corrected chi connectivity index (χ4v) is 4.83. The number of hydrogen-bond donors (Lipinski definition) is 1. The highest BCUT2D eigenvalue weighted by Crippen LogP contribution is 2.35. The van der Waals surface area contributed by atoms with Crippen LogP contribution in [0.15, 0.2) is 47.4 Å². The van der Waals surface area contributed by atoms with Gasteiger partial charge in [0.25, 0.3) is 0 Å². The predicted octanol–water partition coefficient (Wildman–Crippen LogP) is 4.75. The van der Waals surface area contributed by atoms with Crippen molar-refractivity contribution in [3.63, 3.8) is 0 Å². The van der Waals surface area contributed by atoms with Crippen LogP contribution in [0.25, 0.3) is 0 Å². The molecule has 30 heavy (non-hydrogen) atoms. The number of nitrogens with one attached hydrogen (secondary N) is 1. The van der Waals surface area contributed by atoms with E-state index in [0.717, 1.165) is 33.6 Å². The summed E-state index contributed by atoms with van der Waals surface area (Å²) in [5.41, 5.74) is 1.04. The monoisotopic (exact) mass is 442 g/mol. The molecule has 0 aliphatic heterocycles. The van der Waals surface area contributed by atoms with Gasteiger partial charge in [0.2, 0.25) is 15.9 Å². The van der Waals surface area contributed by atoms with Crippen molar-refractivity contribution in [2.45, 2.75) is 51.2 Å². The zero-order chi connectivity index (χ0) is 22.7. The van der Waals surface area contributed by atoms with Crippen LogP contribution in [0, 0.1) is 13.8 Å². The van der Waals surface area contributed by atoms with Gasteiger partial charge in [-0.25, -0.2) is 8.42 Å². The Morgan fingerprint density at radius 3 is 2.33 bits per heavy atom. The number of carbonyl (C=O) groups is 1. The lowest BCUT2D eigenvalue weighted by Crippen LogP contribution is -2.43. The standard InChI is InChI=1S/C21H25F3N2O3S/c1-5-15(3)26(13-20(27)25-18-11-8-9-14(2)16(18)4)30(28,29)19-12-7-6-10-17(19)21(22,23)24/h6-12,15H,5,13H2,1-4H3,(H,25,27). The van der Waals surface area contributed by atoms with E-state index < -0.39 is 45.2 Å². The minimum Gasteiger partial charge on any atom is -0.325 e. The molecule has 0 saturated heterocycles. The van der Waals surface area contributed by atoms with Crippen LogP contribution >= 0.6 is 0 Å². The second-order valence-corrected chi connectivity index (χ2v) is 8.96. The van der Waals surface area contributed by atoms with Crippen molar-refractivity contribution in [1.82, 2.24) is 4.31 Å². The molecule has 0 radical (unpaired) electrons. The largest absolute Gasteiger partial charge is 0.417 e. The Morgan fingerprint density at radius 1 is 1.10 bits per heavy atom. The molecule has 2 aromatic rings. The molecular formula is C21H25F3N2O3S. The predicted molar refractivity (Wildman–Crippen MR) is 110 cm³/mol. The van der Waals surface area contributed by atoms with Gasteiger partial charge in [0.1, 0.15) is 0 Å². The van der Waals surface area contributed by atoms with E-state index >= 15 is 0 Å². The average molecular weight is 443 g/mol. The van der Waals surface area contributed by atoms with Gasteiger partial charge in [0, 0.05) is 11.7 Å². The summed E-state index contributed by atoms with van der Waals surface area (Å²) >= 11 is 0. The Bertz CT molecular complexity index is 1020. The molecule has 0 spiro atoms. The molecule has 0 aromatic heterocycles. The number of hydrogen-bond acceptors (Lipinski definition) is 3. The van der Waals surface area contributed by atoms with Gasteiger partial charge < -0.3 is 5.32 Å². The van der Waals surface area contributed by atoms with Crippen molar-refractivity contribution in [3.05, 3.63) is 59.2 Å². The van der Waals surface area contributed by atoms with Crippen LogP contribution in [-0.4, -0.2) is 31.2 Å². The highest BCUT2D eigenvalue weighted by atomic mass is 32.2. The van der Waals surface area contributed by atoms with Crippen LogP contribution in [0.4, 0.5) is 18.9 Å². The summed E-state index contributed by atoms with van der Waals surface area (Å²) in [5.74, 6) is -0.628. The van der Waals surface area contributed by atoms with Crippen LogP contribution in [0.1, 0.15) is 37.0 Å². The van der Waals surface area contributed by atoms with Gasteiger partial charge >= 0.3 is 6.18 Å². The van der Waals surface area contributed by atoms with Gasteiger partial charge in [-0.3, -0.25) is 4.79 Å². The molecule has 164 valence electrons. The van der Waals surface area contributed by atoms with Crippen molar-refractivity contribution in [3.8, 4) is 0 Å². The second-order valence-electron chi connectivity index (χ2n) is 7.10. The van der Waals surface area contributed by atoms with Crippen LogP contribution < -0.4 is 5.32 Å². The highest BCUT2D eigenvalue weighted by molar-refractivity contribution is 7.89. The van der Waals surface area contributed by atoms with Crippen LogP contribution in [-0.2, 0) is 21.0 Å². The molecule has 0 bridgehead atoms. The van der Waals surface area contributed by atoms with E-state index in [1.54, 1.807) is 26.0 Å². The lowest BCUT2D eigenvalue weighted by atomic mass is 10.1. The molecule has 1 amide bonds. The van der Waals surface area contributed by atoms with Gasteiger partial charge in [-0.1, -0.05) is 31.2 Å². The maximum absolute atomic E-state index is 13.4. The van der Waals surface area contributed by atoms with E-state index in [9.17, 15) is 26.4 Å². The number of amides is 1. The van der Waals surface area contributed by atoms with Crippen molar-refractivity contribution in [2.75, 3.05) is 11.9 Å². The van der Waals surface area contributed by atoms with Crippen LogP contribution in [0.5, 0.6) is 0 Å². The van der Waals surface area contributed by atoms with E-state index in [2.05, 4.69) is 5.32 Å². The average Bonchev–Trinajstić information content (AvgIpc) is 2.68. The number of anilines is 1. The summed E-state index contributed by atoms with van der Waals surface area (Å²) in [7, 11) is -4.58. The molecule has 0 heterocycles. The summed E-state index contributed by atoms with van der Waals surface area (Å²) in [6, 6.07) is 8.61. The number of nitrogens with zero attached hydrogens (tertiary/aromatic N) is 1. The molecule has 1 atom stereocenters. The number of benzene rings is 2. The van der Waals surface area contributed by atoms with E-state index in [4.69, 9.17) is 0 Å². The zero-order valence-electron chi connectivity index (χ0n) is 17.2. The van der Waals surface area contributed by atoms with Gasteiger partial charge in [0.15, 0.2) is 0 Å². The number of aryl methyl sites for hydroxylation is 1. The third-order valence-electron chi connectivity index (χ3n) is 5.04. The van der Waals surface area contributed by atoms with E-state index in [-0.39, 0.29) is 0 Å². The number of rotatable bonds is 7. The molecule has 0 aliphatic carbocycles. The smallest absolute Gasteiger partial charge is 0.325 e. The summed E-state index contributed by atoms with van der Waals surface area (Å²) in [6.45, 7) is 6.34. The topological polar surface area (TPSA) is 66.5 Å². The molecule has 0 fully saturated rings. The van der Waals surface area contributed by atoms with Crippen molar-refractivity contribution in [1.29, 1.82) is 0 Å². The van der Waals surface area contributed by atoms with Gasteiger partial charge in [-0.2, -0.15) is 17.5 Å². The maximum Gasteiger partial charge on any atom is 0.417 e. The highest BCUT2D eigenvalue weighted by Gasteiger charge is 2.40. The summed E-state index contributed by atoms with van der Waals surface area (Å²) in [6.07, 6.45) is -4.52. The molecule has 1 N–H and O–H groups in total. The summed E-state index contributed by atoms with van der Waals surface area (Å²) in [4.78, 5) is 11.8. The lowest BCUT2D eigenvalue weighted by molar-refractivity contribution is -0.139. The van der Waals surface area contributed by atoms with Crippen molar-refractivity contribution >= 4 is 21.6 Å². The number of sulfonamides is 1. The SMILES string of the molecule is CCC(C)N(CC(=O)Nc1cccc(C)c1C)S(=O)(=O)c1ccccc1C(F)(F)F. The molecule has 2 aromatic carbocycles. The first-order valence-electron chi connectivity index (χ1n) is 9.43. The number of alkyl halides is 3.